The summed E-state index contributed by atoms with van der Waals surface area (Å²) in [6, 6.07) is 4.47. The van der Waals surface area contributed by atoms with Gasteiger partial charge in [-0.3, -0.25) is 9.78 Å². The van der Waals surface area contributed by atoms with Crippen molar-refractivity contribution in [3.05, 3.63) is 30.1 Å². The quantitative estimate of drug-likeness (QED) is 0.773. The molecule has 1 aliphatic carbocycles. The van der Waals surface area contributed by atoms with Gasteiger partial charge in [-0.05, 0) is 42.9 Å². The number of aromatic nitrogens is 1. The van der Waals surface area contributed by atoms with Crippen molar-refractivity contribution in [3.63, 3.8) is 0 Å². The lowest BCUT2D eigenvalue weighted by molar-refractivity contribution is -0.132. The van der Waals surface area contributed by atoms with Gasteiger partial charge in [0, 0.05) is 31.4 Å². The second-order valence-corrected chi connectivity index (χ2v) is 5.54. The molecule has 0 bridgehead atoms. The third kappa shape index (κ3) is 3.83. The van der Waals surface area contributed by atoms with E-state index in [2.05, 4.69) is 23.7 Å². The second-order valence-electron chi connectivity index (χ2n) is 5.54. The van der Waals surface area contributed by atoms with E-state index in [0.717, 1.165) is 13.0 Å². The molecule has 0 N–H and O–H groups in total. The Balaban J connectivity index is 1.94. The number of carbonyl (C=O) groups is 1. The maximum absolute atomic E-state index is 12.2. The molecule has 1 fully saturated rings. The molecule has 1 amide bonds. The second kappa shape index (κ2) is 5.98. The van der Waals surface area contributed by atoms with Crippen LogP contribution in [0.1, 0.15) is 45.1 Å². The third-order valence-corrected chi connectivity index (χ3v) is 3.35. The molecule has 18 heavy (non-hydrogen) atoms. The number of hydrogen-bond donors (Lipinski definition) is 0. The fraction of sp³-hybridized carbons (Fsp3) is 0.600. The molecule has 0 spiro atoms. The van der Waals surface area contributed by atoms with Crippen molar-refractivity contribution in [2.75, 3.05) is 0 Å². The summed E-state index contributed by atoms with van der Waals surface area (Å²) < 4.78 is 0. The van der Waals surface area contributed by atoms with Gasteiger partial charge in [0.25, 0.3) is 0 Å². The molecule has 0 unspecified atom stereocenters. The van der Waals surface area contributed by atoms with Gasteiger partial charge in [0.1, 0.15) is 0 Å². The van der Waals surface area contributed by atoms with Crippen LogP contribution in [-0.4, -0.2) is 21.8 Å². The number of amides is 1. The maximum atomic E-state index is 12.2. The van der Waals surface area contributed by atoms with E-state index in [4.69, 9.17) is 0 Å². The fourth-order valence-corrected chi connectivity index (χ4v) is 2.05. The van der Waals surface area contributed by atoms with E-state index in [0.29, 0.717) is 24.3 Å². The molecule has 1 aliphatic rings. The zero-order valence-electron chi connectivity index (χ0n) is 11.3. The largest absolute Gasteiger partial charge is 0.335 e. The molecule has 3 heteroatoms. The molecule has 0 atom stereocenters. The monoisotopic (exact) mass is 246 g/mol. The minimum absolute atomic E-state index is 0.308. The van der Waals surface area contributed by atoms with Crippen molar-refractivity contribution >= 4 is 5.91 Å². The third-order valence-electron chi connectivity index (χ3n) is 3.35. The van der Waals surface area contributed by atoms with E-state index >= 15 is 0 Å². The van der Waals surface area contributed by atoms with Crippen LogP contribution < -0.4 is 0 Å². The minimum atomic E-state index is 0.308. The van der Waals surface area contributed by atoms with Crippen LogP contribution in [0.15, 0.2) is 24.5 Å². The van der Waals surface area contributed by atoms with Crippen molar-refractivity contribution < 1.29 is 4.79 Å². The normalized spacial score (nSPS) is 14.8. The van der Waals surface area contributed by atoms with Crippen molar-refractivity contribution in [2.24, 2.45) is 5.92 Å². The Hall–Kier alpha value is -1.38. The maximum Gasteiger partial charge on any atom is 0.223 e. The Bertz CT molecular complexity index is 385. The summed E-state index contributed by atoms with van der Waals surface area (Å²) in [5.74, 6) is 0.902. The van der Waals surface area contributed by atoms with Crippen molar-refractivity contribution in [1.29, 1.82) is 0 Å². The van der Waals surface area contributed by atoms with Gasteiger partial charge in [0.05, 0.1) is 0 Å². The number of rotatable bonds is 6. The molecule has 98 valence electrons. The first kappa shape index (κ1) is 13.1. The van der Waals surface area contributed by atoms with Crippen LogP contribution in [0.5, 0.6) is 0 Å². The zero-order chi connectivity index (χ0) is 13.0. The molecule has 2 rings (SSSR count). The number of pyridine rings is 1. The van der Waals surface area contributed by atoms with E-state index in [-0.39, 0.29) is 0 Å². The summed E-state index contributed by atoms with van der Waals surface area (Å²) in [6.07, 6.45) is 7.58. The van der Waals surface area contributed by atoms with Gasteiger partial charge in [-0.15, -0.1) is 0 Å². The smallest absolute Gasteiger partial charge is 0.223 e. The first-order valence-corrected chi connectivity index (χ1v) is 6.85. The molecular weight excluding hydrogens is 224 g/mol. The zero-order valence-corrected chi connectivity index (χ0v) is 11.3. The van der Waals surface area contributed by atoms with Crippen LogP contribution in [0.2, 0.25) is 0 Å². The number of carbonyl (C=O) groups excluding carboxylic acids is 1. The molecule has 0 radical (unpaired) electrons. The fourth-order valence-electron chi connectivity index (χ4n) is 2.05. The number of nitrogens with zero attached hydrogens (tertiary/aromatic N) is 2. The van der Waals surface area contributed by atoms with Crippen LogP contribution in [0.3, 0.4) is 0 Å². The first-order valence-electron chi connectivity index (χ1n) is 6.85. The van der Waals surface area contributed by atoms with Crippen molar-refractivity contribution in [1.82, 2.24) is 9.88 Å². The molecule has 0 saturated heterocycles. The lowest BCUT2D eigenvalue weighted by atomic mass is 10.1. The predicted octanol–water partition coefficient (Wildman–Crippen LogP) is 3.01. The van der Waals surface area contributed by atoms with Crippen LogP contribution in [0, 0.1) is 5.92 Å². The van der Waals surface area contributed by atoms with Crippen molar-refractivity contribution in [3.8, 4) is 0 Å². The minimum Gasteiger partial charge on any atom is -0.335 e. The summed E-state index contributed by atoms with van der Waals surface area (Å²) >= 11 is 0. The molecule has 0 aliphatic heterocycles. The Morgan fingerprint density at radius 2 is 2.06 bits per heavy atom. The standard InChI is InChI=1S/C15H22N2O/c1-12(2)3-6-15(18)17(14-4-5-14)11-13-7-9-16-10-8-13/h7-10,12,14H,3-6,11H2,1-2H3. The molecule has 1 heterocycles. The summed E-state index contributed by atoms with van der Waals surface area (Å²) in [4.78, 5) is 18.3. The molecule has 3 nitrogen and oxygen atoms in total. The molecule has 0 aromatic carbocycles. The first-order chi connectivity index (χ1) is 8.66. The summed E-state index contributed by atoms with van der Waals surface area (Å²) in [5.41, 5.74) is 1.18. The lowest BCUT2D eigenvalue weighted by Gasteiger charge is -2.23. The van der Waals surface area contributed by atoms with Gasteiger partial charge < -0.3 is 4.90 Å². The van der Waals surface area contributed by atoms with Crippen molar-refractivity contribution in [2.45, 2.75) is 52.1 Å². The van der Waals surface area contributed by atoms with Crippen LogP contribution >= 0.6 is 0 Å². The lowest BCUT2D eigenvalue weighted by Crippen LogP contribution is -2.32. The summed E-state index contributed by atoms with van der Waals surface area (Å²) in [7, 11) is 0. The van der Waals surface area contributed by atoms with Gasteiger partial charge in [-0.2, -0.15) is 0 Å². The van der Waals surface area contributed by atoms with Gasteiger partial charge in [0.2, 0.25) is 5.91 Å². The molecule has 1 saturated carbocycles. The van der Waals surface area contributed by atoms with Gasteiger partial charge in [-0.1, -0.05) is 13.8 Å². The summed E-state index contributed by atoms with van der Waals surface area (Å²) in [5, 5.41) is 0. The highest BCUT2D eigenvalue weighted by Crippen LogP contribution is 2.29. The molecule has 1 aromatic heterocycles. The van der Waals surface area contributed by atoms with Gasteiger partial charge >= 0.3 is 0 Å². The number of hydrogen-bond acceptors (Lipinski definition) is 2. The molecular formula is C15H22N2O. The molecule has 1 aromatic rings. The van der Waals surface area contributed by atoms with Gasteiger partial charge in [0.15, 0.2) is 0 Å². The highest BCUT2D eigenvalue weighted by molar-refractivity contribution is 5.76. The highest BCUT2D eigenvalue weighted by atomic mass is 16.2. The van der Waals surface area contributed by atoms with Crippen LogP contribution in [-0.2, 0) is 11.3 Å². The van der Waals surface area contributed by atoms with Gasteiger partial charge in [-0.25, -0.2) is 0 Å². The van der Waals surface area contributed by atoms with E-state index in [1.807, 2.05) is 12.1 Å². The highest BCUT2D eigenvalue weighted by Gasteiger charge is 2.32. The Morgan fingerprint density at radius 3 is 2.61 bits per heavy atom. The van der Waals surface area contributed by atoms with Crippen LogP contribution in [0.4, 0.5) is 0 Å². The Kier molecular flexibility index (Phi) is 4.34. The van der Waals surface area contributed by atoms with E-state index in [1.165, 1.54) is 18.4 Å². The summed E-state index contributed by atoms with van der Waals surface area (Å²) in [6.45, 7) is 5.07. The predicted molar refractivity (Wildman–Crippen MR) is 71.9 cm³/mol. The Labute approximate surface area is 109 Å². The SMILES string of the molecule is CC(C)CCC(=O)N(Cc1ccncc1)C1CC1. The van der Waals surface area contributed by atoms with E-state index < -0.39 is 0 Å². The van der Waals surface area contributed by atoms with E-state index in [1.54, 1.807) is 12.4 Å². The topological polar surface area (TPSA) is 33.2 Å². The Morgan fingerprint density at radius 1 is 1.39 bits per heavy atom. The average Bonchev–Trinajstić information content (AvgIpc) is 3.18. The average molecular weight is 246 g/mol. The van der Waals surface area contributed by atoms with Crippen LogP contribution in [0.25, 0.3) is 0 Å². The van der Waals surface area contributed by atoms with E-state index in [9.17, 15) is 4.79 Å².